The van der Waals surface area contributed by atoms with E-state index in [2.05, 4.69) is 10.3 Å². The molecule has 2 heterocycles. The number of hydrogen-bond acceptors (Lipinski definition) is 4. The number of aryl methyl sites for hydroxylation is 1. The minimum Gasteiger partial charge on any atom is -0.311 e. The van der Waals surface area contributed by atoms with Gasteiger partial charge in [-0.05, 0) is 30.3 Å². The number of rotatable bonds is 4. The molecular weight excluding hydrogens is 346 g/mol. The van der Waals surface area contributed by atoms with Gasteiger partial charge in [-0.25, -0.2) is 4.98 Å². The number of hydrogen-bond donors (Lipinski definition) is 1. The lowest BCUT2D eigenvalue weighted by Gasteiger charge is -2.10. The van der Waals surface area contributed by atoms with Gasteiger partial charge in [-0.2, -0.15) is 0 Å². The highest BCUT2D eigenvalue weighted by molar-refractivity contribution is 8.00. The van der Waals surface area contributed by atoms with Crippen molar-refractivity contribution >= 4 is 46.0 Å². The number of thioether (sulfide) groups is 1. The molecule has 7 heteroatoms. The van der Waals surface area contributed by atoms with Crippen molar-refractivity contribution in [1.29, 1.82) is 0 Å². The van der Waals surface area contributed by atoms with E-state index >= 15 is 0 Å². The topological polar surface area (TPSA) is 64.0 Å². The molecule has 0 fully saturated rings. The number of carbonyl (C=O) groups is 1. The Balaban J connectivity index is 1.82. The first-order valence-electron chi connectivity index (χ1n) is 7.17. The van der Waals surface area contributed by atoms with Gasteiger partial charge in [-0.3, -0.25) is 9.59 Å². The third-order valence-electron chi connectivity index (χ3n) is 3.46. The van der Waals surface area contributed by atoms with Gasteiger partial charge in [0.15, 0.2) is 0 Å². The summed E-state index contributed by atoms with van der Waals surface area (Å²) in [4.78, 5) is 28.9. The van der Waals surface area contributed by atoms with Gasteiger partial charge in [0.25, 0.3) is 5.56 Å². The van der Waals surface area contributed by atoms with E-state index in [0.29, 0.717) is 10.8 Å². The number of fused-ring (bicyclic) bond motifs is 1. The largest absolute Gasteiger partial charge is 0.311 e. The molecule has 0 bridgehead atoms. The summed E-state index contributed by atoms with van der Waals surface area (Å²) in [6.07, 6.45) is 1.61. The third kappa shape index (κ3) is 3.60. The van der Waals surface area contributed by atoms with Crippen molar-refractivity contribution in [1.82, 2.24) is 9.55 Å². The van der Waals surface area contributed by atoms with Crippen LogP contribution >= 0.6 is 23.4 Å². The minimum atomic E-state index is -0.186. The van der Waals surface area contributed by atoms with Crippen molar-refractivity contribution in [2.75, 3.05) is 11.1 Å². The summed E-state index contributed by atoms with van der Waals surface area (Å²) in [5.74, 6) is 0.486. The first-order chi connectivity index (χ1) is 11.5. The monoisotopic (exact) mass is 359 g/mol. The molecular formula is C17H14ClN3O2S. The molecule has 0 aliphatic heterocycles. The Hall–Kier alpha value is -2.31. The van der Waals surface area contributed by atoms with Crippen molar-refractivity contribution < 1.29 is 4.79 Å². The first-order valence-corrected chi connectivity index (χ1v) is 8.54. The van der Waals surface area contributed by atoms with Crippen LogP contribution in [0, 0.1) is 0 Å². The molecule has 0 saturated carbocycles. The molecule has 0 unspecified atom stereocenters. The molecule has 5 nitrogen and oxygen atoms in total. The average molecular weight is 360 g/mol. The van der Waals surface area contributed by atoms with E-state index in [4.69, 9.17) is 11.6 Å². The second-order valence-electron chi connectivity index (χ2n) is 5.12. The smallest absolute Gasteiger partial charge is 0.251 e. The van der Waals surface area contributed by atoms with Crippen LogP contribution in [0.3, 0.4) is 0 Å². The Morgan fingerprint density at radius 1 is 1.29 bits per heavy atom. The number of halogens is 1. The molecule has 0 spiro atoms. The van der Waals surface area contributed by atoms with Crippen molar-refractivity contribution in [2.24, 2.45) is 7.05 Å². The number of carbonyl (C=O) groups excluding carboxylic acids is 1. The molecule has 3 rings (SSSR count). The number of aromatic nitrogens is 2. The summed E-state index contributed by atoms with van der Waals surface area (Å²) in [5.41, 5.74) is 0.650. The molecule has 24 heavy (non-hydrogen) atoms. The molecule has 122 valence electrons. The highest BCUT2D eigenvalue weighted by atomic mass is 35.5. The second kappa shape index (κ2) is 7.07. The van der Waals surface area contributed by atoms with Gasteiger partial charge in [0, 0.05) is 34.6 Å². The van der Waals surface area contributed by atoms with Crippen LogP contribution in [-0.4, -0.2) is 21.2 Å². The van der Waals surface area contributed by atoms with E-state index in [-0.39, 0.29) is 17.2 Å². The van der Waals surface area contributed by atoms with Crippen LogP contribution < -0.4 is 10.9 Å². The van der Waals surface area contributed by atoms with Crippen LogP contribution in [0.5, 0.6) is 0 Å². The quantitative estimate of drug-likeness (QED) is 0.726. The molecule has 0 radical (unpaired) electrons. The molecule has 1 aromatic carbocycles. The van der Waals surface area contributed by atoms with Crippen molar-refractivity contribution in [3.8, 4) is 0 Å². The fourth-order valence-corrected chi connectivity index (χ4v) is 3.32. The van der Waals surface area contributed by atoms with Crippen LogP contribution in [0.25, 0.3) is 10.9 Å². The summed E-state index contributed by atoms with van der Waals surface area (Å²) in [6.45, 7) is 0. The summed E-state index contributed by atoms with van der Waals surface area (Å²) < 4.78 is 1.56. The summed E-state index contributed by atoms with van der Waals surface area (Å²) in [5, 5.41) is 4.15. The van der Waals surface area contributed by atoms with E-state index in [0.717, 1.165) is 15.8 Å². The lowest BCUT2D eigenvalue weighted by atomic mass is 10.2. The predicted molar refractivity (Wildman–Crippen MR) is 97.8 cm³/mol. The summed E-state index contributed by atoms with van der Waals surface area (Å²) >= 11 is 7.37. The Morgan fingerprint density at radius 2 is 2.12 bits per heavy atom. The van der Waals surface area contributed by atoms with Crippen LogP contribution in [0.15, 0.2) is 58.4 Å². The second-order valence-corrected chi connectivity index (χ2v) is 6.57. The number of nitrogens with zero attached hydrogens (tertiary/aromatic N) is 2. The average Bonchev–Trinajstić information content (AvgIpc) is 2.57. The molecule has 3 aromatic rings. The Bertz CT molecular complexity index is 957. The molecule has 0 aliphatic rings. The Kier molecular flexibility index (Phi) is 4.87. The van der Waals surface area contributed by atoms with E-state index in [1.165, 1.54) is 17.8 Å². The van der Waals surface area contributed by atoms with Crippen molar-refractivity contribution in [3.05, 3.63) is 64.0 Å². The van der Waals surface area contributed by atoms with E-state index in [1.54, 1.807) is 54.2 Å². The van der Waals surface area contributed by atoms with Gasteiger partial charge in [0.05, 0.1) is 11.3 Å². The molecule has 2 aromatic heterocycles. The lowest BCUT2D eigenvalue weighted by Crippen LogP contribution is -2.17. The van der Waals surface area contributed by atoms with Gasteiger partial charge < -0.3 is 9.88 Å². The molecule has 1 N–H and O–H groups in total. The standard InChI is InChI=1S/C17H14ClN3O2S/c1-21-13-6-5-11(18)8-12(13)14(9-17(21)23)24-10-16(22)20-15-4-2-3-7-19-15/h2-9H,10H2,1H3,(H,19,20,22). The maximum atomic E-state index is 12.1. The zero-order valence-corrected chi connectivity index (χ0v) is 14.4. The predicted octanol–water partition coefficient (Wildman–Crippen LogP) is 3.32. The highest BCUT2D eigenvalue weighted by Crippen LogP contribution is 2.28. The van der Waals surface area contributed by atoms with Gasteiger partial charge in [-0.1, -0.05) is 17.7 Å². The van der Waals surface area contributed by atoms with Crippen LogP contribution in [-0.2, 0) is 11.8 Å². The van der Waals surface area contributed by atoms with Crippen molar-refractivity contribution in [2.45, 2.75) is 4.90 Å². The van der Waals surface area contributed by atoms with Crippen molar-refractivity contribution in [3.63, 3.8) is 0 Å². The summed E-state index contributed by atoms with van der Waals surface area (Å²) in [7, 11) is 1.71. The van der Waals surface area contributed by atoms with Crippen LogP contribution in [0.1, 0.15) is 0 Å². The number of benzene rings is 1. The number of anilines is 1. The maximum Gasteiger partial charge on any atom is 0.251 e. The van der Waals surface area contributed by atoms with Gasteiger partial charge in [-0.15, -0.1) is 11.8 Å². The Labute approximate surface area is 147 Å². The number of pyridine rings is 2. The van der Waals surface area contributed by atoms with Crippen LogP contribution in [0.4, 0.5) is 5.82 Å². The zero-order chi connectivity index (χ0) is 17.1. The number of amides is 1. The zero-order valence-electron chi connectivity index (χ0n) is 12.8. The van der Waals surface area contributed by atoms with E-state index in [1.807, 2.05) is 0 Å². The SMILES string of the molecule is Cn1c(=O)cc(SCC(=O)Nc2ccccn2)c2cc(Cl)ccc21. The minimum absolute atomic E-state index is 0.127. The number of nitrogens with one attached hydrogen (secondary N) is 1. The lowest BCUT2D eigenvalue weighted by molar-refractivity contribution is -0.113. The molecule has 1 amide bonds. The summed E-state index contributed by atoms with van der Waals surface area (Å²) in [6, 6.07) is 12.2. The Morgan fingerprint density at radius 3 is 2.88 bits per heavy atom. The maximum absolute atomic E-state index is 12.1. The van der Waals surface area contributed by atoms with Gasteiger partial charge in [0.1, 0.15) is 5.82 Å². The van der Waals surface area contributed by atoms with E-state index in [9.17, 15) is 9.59 Å². The molecule has 0 atom stereocenters. The van der Waals surface area contributed by atoms with Gasteiger partial charge >= 0.3 is 0 Å². The van der Waals surface area contributed by atoms with E-state index < -0.39 is 0 Å². The third-order valence-corrected chi connectivity index (χ3v) is 4.75. The highest BCUT2D eigenvalue weighted by Gasteiger charge is 2.10. The fourth-order valence-electron chi connectivity index (χ4n) is 2.28. The molecule has 0 aliphatic carbocycles. The normalized spacial score (nSPS) is 10.8. The first kappa shape index (κ1) is 16.5. The molecule has 0 saturated heterocycles. The fraction of sp³-hybridized carbons (Fsp3) is 0.118. The van der Waals surface area contributed by atoms with Gasteiger partial charge in [0.2, 0.25) is 5.91 Å². The van der Waals surface area contributed by atoms with Crippen LogP contribution in [0.2, 0.25) is 5.02 Å².